The van der Waals surface area contributed by atoms with Crippen LogP contribution in [-0.4, -0.2) is 15.8 Å². The fraction of sp³-hybridized carbons (Fsp3) is 0.333. The maximum absolute atomic E-state index is 10.5. The molecule has 3 nitrogen and oxygen atoms in total. The van der Waals surface area contributed by atoms with Gasteiger partial charge in [0.2, 0.25) is 0 Å². The predicted molar refractivity (Wildman–Crippen MR) is 62.8 cm³/mol. The molecule has 1 heterocycles. The average Bonchev–Trinajstić information content (AvgIpc) is 3.00. The molecule has 0 atom stereocenters. The monoisotopic (exact) mass is 234 g/mol. The van der Waals surface area contributed by atoms with Crippen LogP contribution in [0.4, 0.5) is 0 Å². The summed E-state index contributed by atoms with van der Waals surface area (Å²) in [7, 11) is 0. The number of imidazole rings is 1. The lowest BCUT2D eigenvalue weighted by atomic mass is 10.1. The molecule has 82 valence electrons. The molecule has 1 aromatic heterocycles. The maximum Gasteiger partial charge on any atom is 0.124 e. The Morgan fingerprint density at radius 1 is 1.50 bits per heavy atom. The van der Waals surface area contributed by atoms with E-state index in [9.17, 15) is 4.79 Å². The molecule has 4 heteroatoms. The van der Waals surface area contributed by atoms with Crippen molar-refractivity contribution in [3.8, 4) is 0 Å². The van der Waals surface area contributed by atoms with Crippen LogP contribution in [-0.2, 0) is 11.2 Å². The molecule has 1 saturated carbocycles. The van der Waals surface area contributed by atoms with Crippen molar-refractivity contribution in [3.63, 3.8) is 0 Å². The van der Waals surface area contributed by atoms with Crippen molar-refractivity contribution in [1.29, 1.82) is 0 Å². The van der Waals surface area contributed by atoms with Crippen LogP contribution < -0.4 is 0 Å². The Balaban J connectivity index is 2.17. The number of rotatable bonds is 3. The average molecular weight is 235 g/mol. The summed E-state index contributed by atoms with van der Waals surface area (Å²) in [5.74, 6) is 0. The number of aldehydes is 1. The topological polar surface area (TPSA) is 34.9 Å². The summed E-state index contributed by atoms with van der Waals surface area (Å²) >= 11 is 6.24. The summed E-state index contributed by atoms with van der Waals surface area (Å²) in [5.41, 5.74) is 2.81. The lowest BCUT2D eigenvalue weighted by Crippen LogP contribution is -1.92. The van der Waals surface area contributed by atoms with Gasteiger partial charge in [0, 0.05) is 12.5 Å². The van der Waals surface area contributed by atoms with E-state index >= 15 is 0 Å². The number of halogens is 1. The van der Waals surface area contributed by atoms with Crippen molar-refractivity contribution in [2.75, 3.05) is 0 Å². The van der Waals surface area contributed by atoms with Crippen LogP contribution in [0.3, 0.4) is 0 Å². The highest BCUT2D eigenvalue weighted by molar-refractivity contribution is 6.35. The highest BCUT2D eigenvalue weighted by Crippen LogP contribution is 2.39. The van der Waals surface area contributed by atoms with Crippen LogP contribution in [0.5, 0.6) is 0 Å². The lowest BCUT2D eigenvalue weighted by molar-refractivity contribution is -0.107. The van der Waals surface area contributed by atoms with E-state index in [0.717, 1.165) is 22.9 Å². The van der Waals surface area contributed by atoms with Crippen molar-refractivity contribution >= 4 is 28.9 Å². The Bertz CT molecular complexity index is 557. The third-order valence-corrected chi connectivity index (χ3v) is 3.23. The molecule has 1 aromatic carbocycles. The maximum atomic E-state index is 10.5. The molecule has 0 radical (unpaired) electrons. The van der Waals surface area contributed by atoms with Crippen LogP contribution in [0.15, 0.2) is 18.5 Å². The number of carbonyl (C=O) groups excluding carboxylic acids is 1. The molecule has 0 aliphatic heterocycles. The van der Waals surface area contributed by atoms with Gasteiger partial charge in [-0.25, -0.2) is 4.98 Å². The molecule has 0 saturated heterocycles. The van der Waals surface area contributed by atoms with Gasteiger partial charge in [-0.2, -0.15) is 0 Å². The first-order valence-corrected chi connectivity index (χ1v) is 5.76. The van der Waals surface area contributed by atoms with Gasteiger partial charge in [0.15, 0.2) is 0 Å². The second kappa shape index (κ2) is 3.59. The third-order valence-electron chi connectivity index (χ3n) is 2.94. The van der Waals surface area contributed by atoms with Crippen molar-refractivity contribution in [2.24, 2.45) is 0 Å². The number of fused-ring (bicyclic) bond motifs is 1. The number of benzene rings is 1. The molecule has 1 fully saturated rings. The number of hydrogen-bond acceptors (Lipinski definition) is 2. The minimum atomic E-state index is 0.395. The molecule has 0 N–H and O–H groups in total. The van der Waals surface area contributed by atoms with Crippen LogP contribution >= 0.6 is 11.6 Å². The smallest absolute Gasteiger partial charge is 0.124 e. The largest absolute Gasteiger partial charge is 0.326 e. The van der Waals surface area contributed by atoms with Gasteiger partial charge in [-0.3, -0.25) is 0 Å². The van der Waals surface area contributed by atoms with E-state index in [4.69, 9.17) is 11.6 Å². The van der Waals surface area contributed by atoms with E-state index in [-0.39, 0.29) is 0 Å². The summed E-state index contributed by atoms with van der Waals surface area (Å²) in [4.78, 5) is 14.8. The van der Waals surface area contributed by atoms with Gasteiger partial charge in [0.25, 0.3) is 0 Å². The molecule has 1 aliphatic rings. The van der Waals surface area contributed by atoms with E-state index < -0.39 is 0 Å². The van der Waals surface area contributed by atoms with E-state index in [0.29, 0.717) is 17.5 Å². The summed E-state index contributed by atoms with van der Waals surface area (Å²) in [6, 6.07) is 4.37. The number of hydrogen-bond donors (Lipinski definition) is 0. The molecule has 0 bridgehead atoms. The number of carbonyl (C=O) groups is 1. The molecule has 16 heavy (non-hydrogen) atoms. The minimum absolute atomic E-state index is 0.395. The first-order valence-electron chi connectivity index (χ1n) is 5.38. The SMILES string of the molecule is O=CCc1cc(Cl)c2c(c1)ncn2C1CC1. The highest BCUT2D eigenvalue weighted by Gasteiger charge is 2.25. The van der Waals surface area contributed by atoms with Crippen LogP contribution in [0.2, 0.25) is 5.02 Å². The van der Waals surface area contributed by atoms with Crippen molar-refractivity contribution in [2.45, 2.75) is 25.3 Å². The second-order valence-corrected chi connectivity index (χ2v) is 4.61. The predicted octanol–water partition coefficient (Wildman–Crippen LogP) is 2.77. The quantitative estimate of drug-likeness (QED) is 0.766. The highest BCUT2D eigenvalue weighted by atomic mass is 35.5. The van der Waals surface area contributed by atoms with Crippen LogP contribution in [0.1, 0.15) is 24.4 Å². The van der Waals surface area contributed by atoms with Gasteiger partial charge < -0.3 is 9.36 Å². The standard InChI is InChI=1S/C12H11ClN2O/c13-10-5-8(3-4-16)6-11-12(10)15(7-14-11)9-1-2-9/h4-7,9H,1-3H2. The Hall–Kier alpha value is -1.35. The molecular formula is C12H11ClN2O. The zero-order valence-electron chi connectivity index (χ0n) is 8.69. The van der Waals surface area contributed by atoms with Crippen molar-refractivity contribution in [1.82, 2.24) is 9.55 Å². The first-order chi connectivity index (χ1) is 7.79. The first kappa shape index (κ1) is 9.85. The number of aromatic nitrogens is 2. The van der Waals surface area contributed by atoms with Crippen LogP contribution in [0.25, 0.3) is 11.0 Å². The summed E-state index contributed by atoms with van der Waals surface area (Å²) in [5, 5.41) is 0.693. The molecule has 0 amide bonds. The van der Waals surface area contributed by atoms with Gasteiger partial charge in [0.05, 0.1) is 22.4 Å². The molecule has 3 rings (SSSR count). The molecule has 0 spiro atoms. The normalized spacial score (nSPS) is 15.6. The van der Waals surface area contributed by atoms with Crippen LogP contribution in [0, 0.1) is 0 Å². The van der Waals surface area contributed by atoms with E-state index in [1.807, 2.05) is 18.5 Å². The van der Waals surface area contributed by atoms with Gasteiger partial charge in [-0.1, -0.05) is 11.6 Å². The molecule has 1 aliphatic carbocycles. The van der Waals surface area contributed by atoms with Gasteiger partial charge in [-0.15, -0.1) is 0 Å². The minimum Gasteiger partial charge on any atom is -0.326 e. The van der Waals surface area contributed by atoms with Crippen molar-refractivity contribution < 1.29 is 4.79 Å². The summed E-state index contributed by atoms with van der Waals surface area (Å²) < 4.78 is 2.14. The second-order valence-electron chi connectivity index (χ2n) is 4.20. The Morgan fingerprint density at radius 2 is 2.31 bits per heavy atom. The van der Waals surface area contributed by atoms with E-state index in [2.05, 4.69) is 9.55 Å². The lowest BCUT2D eigenvalue weighted by Gasteiger charge is -2.04. The Morgan fingerprint density at radius 3 is 3.00 bits per heavy atom. The summed E-state index contributed by atoms with van der Waals surface area (Å²) in [6.45, 7) is 0. The zero-order valence-corrected chi connectivity index (χ0v) is 9.44. The summed E-state index contributed by atoms with van der Waals surface area (Å²) in [6.07, 6.45) is 5.54. The van der Waals surface area contributed by atoms with E-state index in [1.165, 1.54) is 12.8 Å². The number of nitrogens with zero attached hydrogens (tertiary/aromatic N) is 2. The van der Waals surface area contributed by atoms with Gasteiger partial charge in [-0.05, 0) is 30.5 Å². The third kappa shape index (κ3) is 1.52. The van der Waals surface area contributed by atoms with Gasteiger partial charge in [0.1, 0.15) is 6.29 Å². The molecule has 2 aromatic rings. The molecule has 0 unspecified atom stereocenters. The zero-order chi connectivity index (χ0) is 11.1. The fourth-order valence-electron chi connectivity index (χ4n) is 2.02. The van der Waals surface area contributed by atoms with Gasteiger partial charge >= 0.3 is 0 Å². The molecular weight excluding hydrogens is 224 g/mol. The Kier molecular flexibility index (Phi) is 2.21. The van der Waals surface area contributed by atoms with E-state index in [1.54, 1.807) is 0 Å². The fourth-order valence-corrected chi connectivity index (χ4v) is 2.35. The van der Waals surface area contributed by atoms with Crippen molar-refractivity contribution in [3.05, 3.63) is 29.0 Å². The Labute approximate surface area is 98.0 Å².